The van der Waals surface area contributed by atoms with Crippen molar-refractivity contribution in [1.82, 2.24) is 0 Å². The van der Waals surface area contributed by atoms with Gasteiger partial charge in [-0.2, -0.15) is 35.0 Å². The Kier molecular flexibility index (Phi) is 18.1. The molecule has 4 aromatic rings. The molecule has 4 heteroatoms. The molecule has 0 aliphatic heterocycles. The van der Waals surface area contributed by atoms with Crippen molar-refractivity contribution in [3.8, 4) is 0 Å². The summed E-state index contributed by atoms with van der Waals surface area (Å²) in [6.45, 7) is 4.45. The Bertz CT molecular complexity index is 679. The number of rotatable bonds is 2. The van der Waals surface area contributed by atoms with Crippen LogP contribution in [0.5, 0.6) is 0 Å². The molecular formula is C22H24Br2SiZr. The first-order chi connectivity index (χ1) is 11.3. The monoisotopic (exact) mass is 564 g/mol. The summed E-state index contributed by atoms with van der Waals surface area (Å²) in [6, 6.07) is 32.1. The van der Waals surface area contributed by atoms with Gasteiger partial charge < -0.3 is 34.0 Å². The van der Waals surface area contributed by atoms with Crippen LogP contribution in [0.4, 0.5) is 0 Å². The molecular weight excluding hydrogens is 543 g/mol. The maximum absolute atomic E-state index is 2.22. The summed E-state index contributed by atoms with van der Waals surface area (Å²) in [5, 5.41) is 5.32. The summed E-state index contributed by atoms with van der Waals surface area (Å²) in [4.78, 5) is 0. The fraction of sp³-hybridized carbons (Fsp3) is 0.182. The van der Waals surface area contributed by atoms with Gasteiger partial charge in [-0.3, -0.25) is 0 Å². The topological polar surface area (TPSA) is 0 Å². The first-order valence-electron chi connectivity index (χ1n) is 8.26. The molecule has 0 bridgehead atoms. The summed E-state index contributed by atoms with van der Waals surface area (Å²) in [5.41, 5.74) is 0. The van der Waals surface area contributed by atoms with E-state index in [2.05, 4.69) is 98.8 Å². The molecule has 0 aliphatic rings. The largest absolute Gasteiger partial charge is 4.00 e. The molecule has 4 aromatic carbocycles. The summed E-state index contributed by atoms with van der Waals surface area (Å²) < 4.78 is 0. The Morgan fingerprint density at radius 1 is 0.654 bits per heavy atom. The molecule has 0 N–H and O–H groups in total. The minimum Gasteiger partial charge on any atom is -1.00 e. The van der Waals surface area contributed by atoms with Crippen LogP contribution >= 0.6 is 0 Å². The first kappa shape index (κ1) is 27.9. The van der Waals surface area contributed by atoms with Crippen molar-refractivity contribution in [3.05, 3.63) is 84.9 Å². The second-order valence-corrected chi connectivity index (χ2v) is 7.18. The van der Waals surface area contributed by atoms with Gasteiger partial charge in [-0.15, -0.1) is 59.3 Å². The number of fused-ring (bicyclic) bond motifs is 2. The molecule has 4 rings (SSSR count). The van der Waals surface area contributed by atoms with Crippen LogP contribution in [0.25, 0.3) is 21.5 Å². The average molecular weight is 568 g/mol. The van der Waals surface area contributed by atoms with E-state index in [1.165, 1.54) is 43.2 Å². The Morgan fingerprint density at radius 2 is 1.04 bits per heavy atom. The van der Waals surface area contributed by atoms with Gasteiger partial charge in [0.25, 0.3) is 0 Å². The minimum absolute atomic E-state index is 0. The third-order valence-corrected chi connectivity index (χ3v) is 4.60. The fourth-order valence-electron chi connectivity index (χ4n) is 2.39. The van der Waals surface area contributed by atoms with E-state index >= 15 is 0 Å². The third kappa shape index (κ3) is 9.60. The minimum atomic E-state index is 0. The van der Waals surface area contributed by atoms with Crippen molar-refractivity contribution in [3.63, 3.8) is 0 Å². The normalized spacial score (nSPS) is 8.69. The molecule has 0 unspecified atom stereocenters. The maximum atomic E-state index is 2.22. The zero-order chi connectivity index (χ0) is 16.3. The van der Waals surface area contributed by atoms with Gasteiger partial charge in [0.15, 0.2) is 0 Å². The Hall–Kier alpha value is -0.280. The van der Waals surface area contributed by atoms with Gasteiger partial charge in [0.1, 0.15) is 0 Å². The van der Waals surface area contributed by atoms with Crippen LogP contribution in [0.15, 0.2) is 84.9 Å². The Balaban J connectivity index is 0. The fourth-order valence-corrected chi connectivity index (χ4v) is 2.89. The number of hydrogen-bond donors (Lipinski definition) is 0. The number of benzene rings is 2. The van der Waals surface area contributed by atoms with E-state index in [4.69, 9.17) is 0 Å². The summed E-state index contributed by atoms with van der Waals surface area (Å²) in [5.74, 6) is 0. The van der Waals surface area contributed by atoms with Crippen LogP contribution in [0.1, 0.15) is 13.8 Å². The van der Waals surface area contributed by atoms with Crippen molar-refractivity contribution in [2.24, 2.45) is 0 Å². The van der Waals surface area contributed by atoms with E-state index in [1.54, 1.807) is 0 Å². The molecule has 0 saturated carbocycles. The molecule has 0 aliphatic carbocycles. The van der Waals surface area contributed by atoms with Crippen LogP contribution in [-0.4, -0.2) is 9.52 Å². The predicted octanol–water partition coefficient (Wildman–Crippen LogP) is 0.690. The third-order valence-electron chi connectivity index (χ3n) is 3.60. The Morgan fingerprint density at radius 3 is 1.35 bits per heavy atom. The first-order valence-corrected chi connectivity index (χ1v) is 9.68. The molecule has 2 radical (unpaired) electrons. The molecule has 0 spiro atoms. The van der Waals surface area contributed by atoms with Gasteiger partial charge in [0, 0.05) is 9.52 Å². The second-order valence-electron chi connectivity index (χ2n) is 5.27. The van der Waals surface area contributed by atoms with E-state index in [9.17, 15) is 0 Å². The summed E-state index contributed by atoms with van der Waals surface area (Å²) in [6.07, 6.45) is 0. The molecule has 0 saturated heterocycles. The average Bonchev–Trinajstić information content (AvgIpc) is 3.26. The van der Waals surface area contributed by atoms with Crippen LogP contribution in [0.3, 0.4) is 0 Å². The molecule has 0 atom stereocenters. The smallest absolute Gasteiger partial charge is 1.00 e. The molecule has 26 heavy (non-hydrogen) atoms. The van der Waals surface area contributed by atoms with Crippen LogP contribution in [-0.2, 0) is 26.2 Å². The van der Waals surface area contributed by atoms with Gasteiger partial charge in [-0.1, -0.05) is 38.1 Å². The van der Waals surface area contributed by atoms with Gasteiger partial charge >= 0.3 is 26.2 Å². The van der Waals surface area contributed by atoms with E-state index in [-0.39, 0.29) is 60.2 Å². The van der Waals surface area contributed by atoms with Gasteiger partial charge in [-0.25, -0.2) is 0 Å². The number of halogens is 2. The maximum Gasteiger partial charge on any atom is 4.00 e. The molecule has 0 aromatic heterocycles. The summed E-state index contributed by atoms with van der Waals surface area (Å²) in [7, 11) is 1.20. The SMILES string of the molecule is CC[Si]CC.[Br-].[Br-].[Zr+4].c1ccc2[cH-]ccc2c1.c1ccc2[cH-]ccc2c1. The molecule has 134 valence electrons. The van der Waals surface area contributed by atoms with Crippen molar-refractivity contribution in [1.29, 1.82) is 0 Å². The van der Waals surface area contributed by atoms with Crippen LogP contribution in [0, 0.1) is 0 Å². The second kappa shape index (κ2) is 16.9. The quantitative estimate of drug-likeness (QED) is 0.247. The standard InChI is InChI=1S/2C9H7.C4H10Si.2BrH.Zr/c2*1-2-5-9-7-3-6-8(9)4-1;1-3-5-4-2;;;/h2*1-7H;3-4H2,1-2H3;2*1H;/q2*-1;;;;+4/p-2. The van der Waals surface area contributed by atoms with Crippen molar-refractivity contribution < 1.29 is 60.2 Å². The van der Waals surface area contributed by atoms with Crippen molar-refractivity contribution in [2.45, 2.75) is 25.9 Å². The van der Waals surface area contributed by atoms with Gasteiger partial charge in [0.2, 0.25) is 0 Å². The van der Waals surface area contributed by atoms with Crippen LogP contribution in [0.2, 0.25) is 12.1 Å². The van der Waals surface area contributed by atoms with Crippen molar-refractivity contribution in [2.75, 3.05) is 0 Å². The predicted molar refractivity (Wildman–Crippen MR) is 106 cm³/mol. The molecule has 0 nitrogen and oxygen atoms in total. The van der Waals surface area contributed by atoms with Crippen LogP contribution < -0.4 is 34.0 Å². The zero-order valence-corrected chi connectivity index (χ0v) is 21.9. The molecule has 0 heterocycles. The van der Waals surface area contributed by atoms with E-state index in [0.29, 0.717) is 0 Å². The molecule has 0 fully saturated rings. The van der Waals surface area contributed by atoms with Gasteiger partial charge in [-0.05, 0) is 0 Å². The zero-order valence-electron chi connectivity index (χ0n) is 15.3. The van der Waals surface area contributed by atoms with E-state index < -0.39 is 0 Å². The van der Waals surface area contributed by atoms with E-state index in [1.807, 2.05) is 0 Å². The summed E-state index contributed by atoms with van der Waals surface area (Å²) >= 11 is 0. The Labute approximate surface area is 200 Å². The number of hydrogen-bond acceptors (Lipinski definition) is 0. The molecule has 0 amide bonds. The van der Waals surface area contributed by atoms with Gasteiger partial charge in [0.05, 0.1) is 0 Å². The van der Waals surface area contributed by atoms with E-state index in [0.717, 1.165) is 0 Å². The van der Waals surface area contributed by atoms with Crippen molar-refractivity contribution >= 4 is 31.1 Å².